The lowest BCUT2D eigenvalue weighted by Crippen LogP contribution is -2.22. The summed E-state index contributed by atoms with van der Waals surface area (Å²) in [6.07, 6.45) is 9.27. The second-order valence-corrected chi connectivity index (χ2v) is 10.6. The van der Waals surface area contributed by atoms with Crippen LogP contribution in [0.3, 0.4) is 0 Å². The molecule has 0 amide bonds. The maximum absolute atomic E-state index is 15.2. The van der Waals surface area contributed by atoms with Gasteiger partial charge >= 0.3 is 0 Å². The molecule has 37 heavy (non-hydrogen) atoms. The highest BCUT2D eigenvalue weighted by molar-refractivity contribution is 5.33. The highest BCUT2D eigenvalue weighted by atomic mass is 19.2. The fourth-order valence-electron chi connectivity index (χ4n) is 5.84. The van der Waals surface area contributed by atoms with Crippen molar-refractivity contribution in [2.24, 2.45) is 5.92 Å². The molecule has 2 fully saturated rings. The first-order chi connectivity index (χ1) is 18.0. The summed E-state index contributed by atoms with van der Waals surface area (Å²) in [4.78, 5) is 0. The van der Waals surface area contributed by atoms with Crippen LogP contribution >= 0.6 is 0 Å². The van der Waals surface area contributed by atoms with Crippen molar-refractivity contribution in [3.63, 3.8) is 0 Å². The molecule has 2 saturated carbocycles. The van der Waals surface area contributed by atoms with Gasteiger partial charge in [0.25, 0.3) is 0 Å². The Morgan fingerprint density at radius 1 is 0.757 bits per heavy atom. The van der Waals surface area contributed by atoms with Gasteiger partial charge in [-0.05, 0) is 106 Å². The molecule has 2 aromatic rings. The van der Waals surface area contributed by atoms with Gasteiger partial charge in [-0.3, -0.25) is 0 Å². The van der Waals surface area contributed by atoms with Gasteiger partial charge < -0.3 is 14.2 Å². The van der Waals surface area contributed by atoms with E-state index in [0.29, 0.717) is 36.0 Å². The van der Waals surface area contributed by atoms with Gasteiger partial charge in [-0.2, -0.15) is 0 Å². The quantitative estimate of drug-likeness (QED) is 0.279. The van der Waals surface area contributed by atoms with E-state index in [-0.39, 0.29) is 23.7 Å². The second kappa shape index (κ2) is 13.5. The molecule has 0 heterocycles. The lowest BCUT2D eigenvalue weighted by Gasteiger charge is -2.31. The van der Waals surface area contributed by atoms with Crippen LogP contribution in [0.2, 0.25) is 0 Å². The summed E-state index contributed by atoms with van der Waals surface area (Å²) in [5.41, 5.74) is 1.03. The van der Waals surface area contributed by atoms with Crippen molar-refractivity contribution in [1.82, 2.24) is 0 Å². The zero-order valence-corrected chi connectivity index (χ0v) is 22.2. The van der Waals surface area contributed by atoms with Gasteiger partial charge in [-0.15, -0.1) is 0 Å². The van der Waals surface area contributed by atoms with Gasteiger partial charge in [0, 0.05) is 12.7 Å². The lowest BCUT2D eigenvalue weighted by molar-refractivity contribution is 0.0230. The molecular formula is C31H41F3O3. The van der Waals surface area contributed by atoms with Crippen LogP contribution in [0, 0.1) is 23.4 Å². The van der Waals surface area contributed by atoms with Gasteiger partial charge in [0.1, 0.15) is 5.75 Å². The summed E-state index contributed by atoms with van der Waals surface area (Å²) < 4.78 is 61.4. The van der Waals surface area contributed by atoms with Crippen LogP contribution in [-0.4, -0.2) is 25.9 Å². The Labute approximate surface area is 219 Å². The van der Waals surface area contributed by atoms with Crippen molar-refractivity contribution in [2.75, 3.05) is 19.8 Å². The van der Waals surface area contributed by atoms with Gasteiger partial charge in [-0.1, -0.05) is 25.5 Å². The fraction of sp³-hybridized carbons (Fsp3) is 0.613. The topological polar surface area (TPSA) is 27.7 Å². The minimum absolute atomic E-state index is 0.0189. The normalized spacial score (nSPS) is 24.1. The average Bonchev–Trinajstić information content (AvgIpc) is 2.91. The number of hydrogen-bond donors (Lipinski definition) is 0. The number of unbranched alkanes of at least 4 members (excludes halogenated alkanes) is 1. The molecule has 0 saturated heterocycles. The Hall–Kier alpha value is -2.21. The maximum atomic E-state index is 15.2. The molecule has 204 valence electrons. The monoisotopic (exact) mass is 518 g/mol. The molecule has 2 aliphatic rings. The average molecular weight is 519 g/mol. The number of hydrogen-bond acceptors (Lipinski definition) is 3. The molecule has 0 spiro atoms. The summed E-state index contributed by atoms with van der Waals surface area (Å²) in [5.74, 6) is -0.655. The van der Waals surface area contributed by atoms with Crippen LogP contribution in [0.4, 0.5) is 13.2 Å². The van der Waals surface area contributed by atoms with Crippen molar-refractivity contribution in [1.29, 1.82) is 0 Å². The predicted octanol–water partition coefficient (Wildman–Crippen LogP) is 8.70. The van der Waals surface area contributed by atoms with Crippen molar-refractivity contribution in [3.8, 4) is 11.5 Å². The van der Waals surface area contributed by atoms with Crippen LogP contribution in [0.15, 0.2) is 30.3 Å². The number of halogens is 3. The zero-order chi connectivity index (χ0) is 26.2. The van der Waals surface area contributed by atoms with Crippen molar-refractivity contribution in [2.45, 2.75) is 96.0 Å². The van der Waals surface area contributed by atoms with E-state index in [1.165, 1.54) is 6.07 Å². The van der Waals surface area contributed by atoms with Crippen LogP contribution < -0.4 is 9.47 Å². The number of rotatable bonds is 11. The Balaban J connectivity index is 1.27. The first-order valence-corrected chi connectivity index (χ1v) is 14.1. The summed E-state index contributed by atoms with van der Waals surface area (Å²) >= 11 is 0. The molecule has 0 radical (unpaired) electrons. The Morgan fingerprint density at radius 2 is 1.38 bits per heavy atom. The van der Waals surface area contributed by atoms with Crippen LogP contribution in [0.25, 0.3) is 0 Å². The Bertz CT molecular complexity index is 995. The zero-order valence-electron chi connectivity index (χ0n) is 22.2. The Morgan fingerprint density at radius 3 is 1.95 bits per heavy atom. The fourth-order valence-corrected chi connectivity index (χ4v) is 5.84. The van der Waals surface area contributed by atoms with E-state index in [0.717, 1.165) is 70.8 Å². The molecule has 0 atom stereocenters. The second-order valence-electron chi connectivity index (χ2n) is 10.6. The van der Waals surface area contributed by atoms with Gasteiger partial charge in [0.15, 0.2) is 23.2 Å². The minimum Gasteiger partial charge on any atom is -0.493 e. The molecule has 0 N–H and O–H groups in total. The third-order valence-corrected chi connectivity index (χ3v) is 8.08. The molecule has 3 nitrogen and oxygen atoms in total. The maximum Gasteiger partial charge on any atom is 0.168 e. The van der Waals surface area contributed by atoms with Crippen molar-refractivity contribution >= 4 is 0 Å². The van der Waals surface area contributed by atoms with E-state index in [1.807, 2.05) is 19.1 Å². The smallest absolute Gasteiger partial charge is 0.168 e. The van der Waals surface area contributed by atoms with E-state index in [2.05, 4.69) is 6.92 Å². The third kappa shape index (κ3) is 7.22. The van der Waals surface area contributed by atoms with Crippen molar-refractivity contribution in [3.05, 3.63) is 58.9 Å². The summed E-state index contributed by atoms with van der Waals surface area (Å²) in [7, 11) is 0. The molecule has 0 aromatic heterocycles. The standard InChI is InChI=1S/C31H41F3O3/c1-3-5-18-36-24-12-10-23(11-13-24)27-16-15-26(30(33)31(27)34)22-8-6-21(7-9-22)20-37-25-14-17-29(35-4-2)28(32)19-25/h14-17,19,21-24H,3-13,18,20H2,1-2H3. The first-order valence-electron chi connectivity index (χ1n) is 14.1. The third-order valence-electron chi connectivity index (χ3n) is 8.08. The number of benzene rings is 2. The number of ether oxygens (including phenoxy) is 3. The highest BCUT2D eigenvalue weighted by Crippen LogP contribution is 2.41. The summed E-state index contributed by atoms with van der Waals surface area (Å²) in [6, 6.07) is 8.29. The van der Waals surface area contributed by atoms with Gasteiger partial charge in [0.05, 0.1) is 19.3 Å². The minimum atomic E-state index is -0.664. The first kappa shape index (κ1) is 27.8. The van der Waals surface area contributed by atoms with E-state index >= 15 is 8.78 Å². The molecule has 2 aliphatic carbocycles. The molecule has 0 aliphatic heterocycles. The SMILES string of the molecule is CCCCOC1CCC(c2ccc(C3CCC(COc4ccc(OCC)c(F)c4)CC3)c(F)c2F)CC1. The molecule has 4 rings (SSSR count). The highest BCUT2D eigenvalue weighted by Gasteiger charge is 2.30. The molecule has 0 bridgehead atoms. The van der Waals surface area contributed by atoms with Gasteiger partial charge in [-0.25, -0.2) is 13.2 Å². The van der Waals surface area contributed by atoms with Crippen molar-refractivity contribution < 1.29 is 27.4 Å². The predicted molar refractivity (Wildman–Crippen MR) is 140 cm³/mol. The van der Waals surface area contributed by atoms with Crippen LogP contribution in [0.5, 0.6) is 11.5 Å². The van der Waals surface area contributed by atoms with Crippen LogP contribution in [-0.2, 0) is 4.74 Å². The summed E-state index contributed by atoms with van der Waals surface area (Å²) in [5, 5.41) is 0. The lowest BCUT2D eigenvalue weighted by atomic mass is 9.77. The summed E-state index contributed by atoms with van der Waals surface area (Å²) in [6.45, 7) is 5.64. The molecule has 2 aromatic carbocycles. The molecular weight excluding hydrogens is 477 g/mol. The van der Waals surface area contributed by atoms with Gasteiger partial charge in [0.2, 0.25) is 0 Å². The van der Waals surface area contributed by atoms with E-state index in [4.69, 9.17) is 14.2 Å². The van der Waals surface area contributed by atoms with Crippen LogP contribution in [0.1, 0.15) is 101 Å². The van der Waals surface area contributed by atoms with E-state index in [1.54, 1.807) is 12.1 Å². The molecule has 6 heteroatoms. The van der Waals surface area contributed by atoms with E-state index < -0.39 is 17.5 Å². The largest absolute Gasteiger partial charge is 0.493 e. The Kier molecular flexibility index (Phi) is 10.2. The molecule has 0 unspecified atom stereocenters. The van der Waals surface area contributed by atoms with E-state index in [9.17, 15) is 4.39 Å².